The molecule has 47 heavy (non-hydrogen) atoms. The van der Waals surface area contributed by atoms with Gasteiger partial charge in [0.15, 0.2) is 11.2 Å². The van der Waals surface area contributed by atoms with Crippen molar-refractivity contribution < 1.29 is 156 Å². The van der Waals surface area contributed by atoms with Crippen molar-refractivity contribution >= 4 is 46.0 Å². The van der Waals surface area contributed by atoms with Gasteiger partial charge in [0.2, 0.25) is 0 Å². The van der Waals surface area contributed by atoms with Crippen LogP contribution in [0.25, 0.3) is 22.2 Å². The normalized spacial score (nSPS) is 13.3. The average molecular weight is 721 g/mol. The molecule has 2 fully saturated rings. The van der Waals surface area contributed by atoms with E-state index in [0.29, 0.717) is 37.6 Å². The van der Waals surface area contributed by atoms with Crippen LogP contribution in [0.2, 0.25) is 0 Å². The number of oxazole rings is 2. The van der Waals surface area contributed by atoms with Crippen molar-refractivity contribution in [2.75, 3.05) is 31.0 Å². The number of methoxy groups -OCH3 is 1. The Morgan fingerprint density at radius 2 is 1.77 bits per heavy atom. The number of aromatic amines is 1. The summed E-state index contributed by atoms with van der Waals surface area (Å²) < 4.78 is 54.6. The Labute approximate surface area is 352 Å². The number of ether oxygens (including phenoxy) is 1. The Morgan fingerprint density at radius 1 is 1.13 bits per heavy atom. The van der Waals surface area contributed by atoms with Gasteiger partial charge in [0, 0.05) is 50.8 Å². The smallest absolute Gasteiger partial charge is 1.00 e. The van der Waals surface area contributed by atoms with E-state index < -0.39 is 23.9 Å². The SMILES string of the molecule is CO.COCCCn1c(=O)oc2ccc(NC3CC3)cc21.O=C(N(c1ccc2oc(=O)[nH]c2c1)C1CC1)C(F)(F)F.O=CO[O-].[H-].[K+].[K+]. The maximum absolute atomic E-state index is 12.6. The zero-order valence-electron chi connectivity index (χ0n) is 27.3. The molecule has 3 N–H and O–H groups in total. The predicted molar refractivity (Wildman–Crippen MR) is 153 cm³/mol. The molecule has 14 nitrogen and oxygen atoms in total. The Morgan fingerprint density at radius 3 is 2.32 bits per heavy atom. The number of rotatable bonds is 9. The number of halogens is 3. The molecule has 2 saturated carbocycles. The number of fused-ring (bicyclic) bond motifs is 2. The van der Waals surface area contributed by atoms with Gasteiger partial charge in [0.1, 0.15) is 0 Å². The molecule has 6 rings (SSSR count). The minimum Gasteiger partial charge on any atom is -1.00 e. The number of alkyl halides is 3. The quantitative estimate of drug-likeness (QED) is 0.0512. The van der Waals surface area contributed by atoms with Gasteiger partial charge in [-0.15, -0.1) is 0 Å². The second kappa shape index (κ2) is 21.0. The monoisotopic (exact) mass is 720 g/mol. The molecule has 2 aromatic carbocycles. The van der Waals surface area contributed by atoms with Gasteiger partial charge in [-0.25, -0.2) is 9.59 Å². The molecule has 2 aromatic heterocycles. The van der Waals surface area contributed by atoms with E-state index in [1.54, 1.807) is 11.7 Å². The van der Waals surface area contributed by atoms with Gasteiger partial charge >= 0.3 is 126 Å². The van der Waals surface area contributed by atoms with E-state index in [1.807, 2.05) is 18.2 Å². The van der Waals surface area contributed by atoms with E-state index in [9.17, 15) is 27.6 Å². The number of nitrogens with one attached hydrogen (secondary N) is 2. The number of benzene rings is 2. The third-order valence-corrected chi connectivity index (χ3v) is 6.44. The molecule has 4 aromatic rings. The third kappa shape index (κ3) is 13.1. The van der Waals surface area contributed by atoms with Crippen LogP contribution in [0.4, 0.5) is 24.5 Å². The third-order valence-electron chi connectivity index (χ3n) is 6.44. The molecule has 248 valence electrons. The maximum atomic E-state index is 12.6. The number of aryl methyl sites for hydroxylation is 1. The van der Waals surface area contributed by atoms with E-state index in [2.05, 4.69) is 15.2 Å². The zero-order valence-corrected chi connectivity index (χ0v) is 32.5. The Balaban J connectivity index is 0.000000752. The fourth-order valence-electron chi connectivity index (χ4n) is 4.25. The average Bonchev–Trinajstić information content (AvgIpc) is 3.95. The molecule has 0 spiro atoms. The predicted octanol–water partition coefficient (Wildman–Crippen LogP) is -3.45. The summed E-state index contributed by atoms with van der Waals surface area (Å²) in [5, 5.41) is 18.9. The first-order valence-corrected chi connectivity index (χ1v) is 13.6. The Hall–Kier alpha value is -1.34. The van der Waals surface area contributed by atoms with Crippen LogP contribution in [0.15, 0.2) is 54.8 Å². The minimum absolute atomic E-state index is 0. The summed E-state index contributed by atoms with van der Waals surface area (Å²) in [6.45, 7) is 1.08. The van der Waals surface area contributed by atoms with Crippen LogP contribution in [-0.2, 0) is 25.8 Å². The summed E-state index contributed by atoms with van der Waals surface area (Å²) in [4.78, 5) is 48.7. The summed E-state index contributed by atoms with van der Waals surface area (Å²) in [6.07, 6.45) is -0.621. The van der Waals surface area contributed by atoms with Crippen LogP contribution in [0.3, 0.4) is 0 Å². The number of hydrogen-bond acceptors (Lipinski definition) is 11. The second-order valence-corrected chi connectivity index (χ2v) is 9.76. The summed E-state index contributed by atoms with van der Waals surface area (Å²) in [7, 11) is 2.66. The molecule has 2 heterocycles. The van der Waals surface area contributed by atoms with E-state index in [0.717, 1.165) is 29.6 Å². The van der Waals surface area contributed by atoms with E-state index in [-0.39, 0.29) is 133 Å². The molecule has 0 bridgehead atoms. The molecule has 1 amide bonds. The van der Waals surface area contributed by atoms with Crippen LogP contribution in [0.5, 0.6) is 0 Å². The van der Waals surface area contributed by atoms with Crippen LogP contribution >= 0.6 is 0 Å². The molecule has 2 aliphatic carbocycles. The molecule has 0 atom stereocenters. The van der Waals surface area contributed by atoms with Crippen molar-refractivity contribution in [1.82, 2.24) is 9.55 Å². The van der Waals surface area contributed by atoms with Gasteiger partial charge < -0.3 is 40.5 Å². The first-order valence-electron chi connectivity index (χ1n) is 13.6. The molecule has 0 radical (unpaired) electrons. The van der Waals surface area contributed by atoms with Crippen LogP contribution in [0.1, 0.15) is 33.5 Å². The Kier molecular flexibility index (Phi) is 19.5. The summed E-state index contributed by atoms with van der Waals surface area (Å²) in [5.74, 6) is -2.89. The number of amides is 1. The minimum atomic E-state index is -4.93. The first kappa shape index (κ1) is 43.7. The summed E-state index contributed by atoms with van der Waals surface area (Å²) in [6, 6.07) is 9.96. The Bertz CT molecular complexity index is 1690. The molecule has 0 saturated heterocycles. The maximum Gasteiger partial charge on any atom is 1.00 e. The number of nitrogens with zero attached hydrogens (tertiary/aromatic N) is 2. The molecule has 2 aliphatic rings. The number of aliphatic hydroxyl groups is 1. The van der Waals surface area contributed by atoms with Gasteiger partial charge in [-0.3, -0.25) is 19.1 Å². The van der Waals surface area contributed by atoms with Gasteiger partial charge in [-0.2, -0.15) is 13.2 Å². The fraction of sp³-hybridized carbons (Fsp3) is 0.429. The van der Waals surface area contributed by atoms with Crippen LogP contribution in [0, 0.1) is 0 Å². The number of aromatic nitrogens is 2. The largest absolute Gasteiger partial charge is 1.00 e. The van der Waals surface area contributed by atoms with Crippen molar-refractivity contribution in [2.24, 2.45) is 0 Å². The van der Waals surface area contributed by atoms with Gasteiger partial charge in [-0.05, 0) is 68.5 Å². The van der Waals surface area contributed by atoms with Gasteiger partial charge in [0.05, 0.1) is 11.0 Å². The molecule has 19 heteroatoms. The first-order chi connectivity index (χ1) is 21.5. The van der Waals surface area contributed by atoms with Crippen molar-refractivity contribution in [1.29, 1.82) is 0 Å². The second-order valence-electron chi connectivity index (χ2n) is 9.76. The van der Waals surface area contributed by atoms with Gasteiger partial charge in [0.25, 0.3) is 6.47 Å². The molecular formula is C28H33F3K2N4O10. The van der Waals surface area contributed by atoms with Crippen molar-refractivity contribution in [3.63, 3.8) is 0 Å². The number of aliphatic hydroxyl groups excluding tert-OH is 1. The fourth-order valence-corrected chi connectivity index (χ4v) is 4.25. The number of carbonyl (C=O) groups is 2. The summed E-state index contributed by atoms with van der Waals surface area (Å²) in [5.41, 5.74) is 3.13. The molecular weight excluding hydrogens is 688 g/mol. The summed E-state index contributed by atoms with van der Waals surface area (Å²) >= 11 is 0. The van der Waals surface area contributed by atoms with Crippen molar-refractivity contribution in [3.05, 3.63) is 57.5 Å². The van der Waals surface area contributed by atoms with Crippen LogP contribution in [-0.4, -0.2) is 66.1 Å². The standard InChI is InChI=1S/C14H18N2O3.C12H9F3N2O3.CH2O3.CH4O.2K.H/c1-18-8-2-7-16-12-9-11(15-10-3-4-10)5-6-13(12)19-14(16)17;13-12(14,15)10(18)17(6-1-2-6)7-3-4-9-8(5-7)16-11(19)20-9;2-1-4-3;1-2;;;/h5-6,9-10,15H,2-4,7-8H2,1H3;3-6H,1-2H2,(H,16,19);1,3H;2H,1H3;;;/q;;;;2*+1;-1/p-1. The molecule has 0 aliphatic heterocycles. The van der Waals surface area contributed by atoms with Crippen molar-refractivity contribution in [3.8, 4) is 0 Å². The van der Waals surface area contributed by atoms with E-state index in [1.165, 1.54) is 31.0 Å². The molecule has 0 unspecified atom stereocenters. The zero-order chi connectivity index (χ0) is 33.1. The number of H-pyrrole nitrogens is 1. The van der Waals surface area contributed by atoms with Gasteiger partial charge in [-0.1, -0.05) is 0 Å². The number of anilines is 2. The number of carbonyl (C=O) groups excluding carboxylic acids is 2. The van der Waals surface area contributed by atoms with Crippen molar-refractivity contribution in [2.45, 2.75) is 56.9 Å². The van der Waals surface area contributed by atoms with E-state index in [4.69, 9.17) is 28.7 Å². The van der Waals surface area contributed by atoms with Crippen LogP contribution < -0.4 is 130 Å². The topological polar surface area (TPSA) is 192 Å². The van der Waals surface area contributed by atoms with E-state index >= 15 is 0 Å². The number of hydrogen-bond donors (Lipinski definition) is 3.